The van der Waals surface area contributed by atoms with E-state index < -0.39 is 0 Å². The molecule has 2 aliphatic rings. The van der Waals surface area contributed by atoms with E-state index in [0.29, 0.717) is 38.4 Å². The predicted octanol–water partition coefficient (Wildman–Crippen LogP) is 1.92. The molecule has 154 valence electrons. The lowest BCUT2D eigenvalue weighted by molar-refractivity contribution is 0.0117. The van der Waals surface area contributed by atoms with E-state index in [4.69, 9.17) is 9.15 Å². The lowest BCUT2D eigenvalue weighted by Gasteiger charge is -2.33. The molecule has 0 radical (unpaired) electrons. The van der Waals surface area contributed by atoms with Crippen LogP contribution in [0.1, 0.15) is 27.9 Å². The molecule has 2 fully saturated rings. The fourth-order valence-corrected chi connectivity index (χ4v) is 3.73. The van der Waals surface area contributed by atoms with Crippen LogP contribution in [-0.2, 0) is 4.74 Å². The summed E-state index contributed by atoms with van der Waals surface area (Å²) in [7, 11) is 0. The van der Waals surface area contributed by atoms with Gasteiger partial charge in [-0.3, -0.25) is 14.6 Å². The van der Waals surface area contributed by atoms with E-state index in [1.165, 1.54) is 0 Å². The van der Waals surface area contributed by atoms with Crippen LogP contribution in [0, 0.1) is 6.92 Å². The molecule has 8 nitrogen and oxygen atoms in total. The third-order valence-corrected chi connectivity index (χ3v) is 5.33. The molecule has 0 spiro atoms. The summed E-state index contributed by atoms with van der Waals surface area (Å²) in [6.07, 6.45) is 0. The second kappa shape index (κ2) is 8.67. The van der Waals surface area contributed by atoms with Crippen molar-refractivity contribution in [3.63, 3.8) is 0 Å². The first-order chi connectivity index (χ1) is 14.1. The zero-order chi connectivity index (χ0) is 20.2. The Labute approximate surface area is 169 Å². The summed E-state index contributed by atoms with van der Waals surface area (Å²) in [5.74, 6) is 1.55. The van der Waals surface area contributed by atoms with Crippen molar-refractivity contribution in [2.24, 2.45) is 0 Å². The number of benzene rings is 1. The molecule has 2 aromatic rings. The predicted molar refractivity (Wildman–Crippen MR) is 108 cm³/mol. The first kappa shape index (κ1) is 19.5. The number of carbonyl (C=O) groups is 2. The van der Waals surface area contributed by atoms with Crippen molar-refractivity contribution in [1.29, 1.82) is 0 Å². The van der Waals surface area contributed by atoms with Gasteiger partial charge >= 0.3 is 6.03 Å². The van der Waals surface area contributed by atoms with Gasteiger partial charge in [0.15, 0.2) is 0 Å². The fourth-order valence-electron chi connectivity index (χ4n) is 3.73. The van der Waals surface area contributed by atoms with Crippen LogP contribution in [0.15, 0.2) is 40.8 Å². The normalized spacial score (nSPS) is 18.5. The monoisotopic (exact) mass is 398 g/mol. The van der Waals surface area contributed by atoms with Crippen LogP contribution in [-0.4, -0.2) is 62.8 Å². The number of rotatable bonds is 6. The Hall–Kier alpha value is -2.84. The third kappa shape index (κ3) is 4.44. The Balaban J connectivity index is 1.41. The average Bonchev–Trinajstić information content (AvgIpc) is 3.37. The first-order valence-corrected chi connectivity index (χ1v) is 9.93. The number of furan rings is 1. The first-order valence-electron chi connectivity index (χ1n) is 9.93. The molecule has 8 heteroatoms. The summed E-state index contributed by atoms with van der Waals surface area (Å²) in [6.45, 7) is 6.58. The molecule has 1 atom stereocenters. The SMILES string of the molecule is Cc1ccc(C(CNC(=O)c2ccc(N3CCNC3=O)cc2)N2CCOCC2)o1. The third-order valence-electron chi connectivity index (χ3n) is 5.33. The molecule has 29 heavy (non-hydrogen) atoms. The number of hydrogen-bond donors (Lipinski definition) is 2. The number of nitrogens with one attached hydrogen (secondary N) is 2. The number of hydrogen-bond acceptors (Lipinski definition) is 5. The highest BCUT2D eigenvalue weighted by Crippen LogP contribution is 2.24. The molecular weight excluding hydrogens is 372 g/mol. The van der Waals surface area contributed by atoms with Gasteiger partial charge in [0.05, 0.1) is 19.3 Å². The van der Waals surface area contributed by atoms with Crippen LogP contribution in [0.25, 0.3) is 0 Å². The highest BCUT2D eigenvalue weighted by atomic mass is 16.5. The summed E-state index contributed by atoms with van der Waals surface area (Å²) in [4.78, 5) is 28.4. The summed E-state index contributed by atoms with van der Waals surface area (Å²) in [5.41, 5.74) is 1.35. The van der Waals surface area contributed by atoms with Gasteiger partial charge in [-0.2, -0.15) is 0 Å². The zero-order valence-electron chi connectivity index (χ0n) is 16.5. The molecule has 1 unspecified atom stereocenters. The topological polar surface area (TPSA) is 87.1 Å². The van der Waals surface area contributed by atoms with E-state index in [1.54, 1.807) is 29.2 Å². The Kier molecular flexibility index (Phi) is 5.82. The second-order valence-electron chi connectivity index (χ2n) is 7.25. The molecule has 1 aromatic carbocycles. The minimum absolute atomic E-state index is 0.0379. The summed E-state index contributed by atoms with van der Waals surface area (Å²) < 4.78 is 11.3. The number of nitrogens with zero attached hydrogens (tertiary/aromatic N) is 2. The molecule has 2 saturated heterocycles. The molecule has 3 heterocycles. The number of anilines is 1. The molecule has 0 bridgehead atoms. The van der Waals surface area contributed by atoms with E-state index in [1.807, 2.05) is 19.1 Å². The van der Waals surface area contributed by atoms with E-state index in [0.717, 1.165) is 30.3 Å². The van der Waals surface area contributed by atoms with Gasteiger partial charge in [-0.15, -0.1) is 0 Å². The molecule has 2 aliphatic heterocycles. The highest BCUT2D eigenvalue weighted by Gasteiger charge is 2.26. The van der Waals surface area contributed by atoms with Gasteiger partial charge in [-0.05, 0) is 43.3 Å². The maximum absolute atomic E-state index is 12.7. The van der Waals surface area contributed by atoms with Crippen LogP contribution >= 0.6 is 0 Å². The fraction of sp³-hybridized carbons (Fsp3) is 0.429. The number of ether oxygens (including phenoxy) is 1. The van der Waals surface area contributed by atoms with Crippen LogP contribution < -0.4 is 15.5 Å². The van der Waals surface area contributed by atoms with E-state index >= 15 is 0 Å². The van der Waals surface area contributed by atoms with Gasteiger partial charge in [0.2, 0.25) is 0 Å². The molecule has 0 aliphatic carbocycles. The average molecular weight is 398 g/mol. The van der Waals surface area contributed by atoms with Gasteiger partial charge in [-0.25, -0.2) is 4.79 Å². The molecule has 1 aromatic heterocycles. The zero-order valence-corrected chi connectivity index (χ0v) is 16.5. The van der Waals surface area contributed by atoms with Crippen molar-refractivity contribution in [2.75, 3.05) is 50.8 Å². The molecule has 3 amide bonds. The largest absolute Gasteiger partial charge is 0.465 e. The Bertz CT molecular complexity index is 858. The van der Waals surface area contributed by atoms with Crippen LogP contribution in [0.3, 0.4) is 0 Å². The smallest absolute Gasteiger partial charge is 0.321 e. The molecule has 2 N–H and O–H groups in total. The number of aryl methyl sites for hydroxylation is 1. The number of carbonyl (C=O) groups excluding carboxylic acids is 2. The Morgan fingerprint density at radius 3 is 2.52 bits per heavy atom. The van der Waals surface area contributed by atoms with Crippen molar-refractivity contribution in [3.8, 4) is 0 Å². The lowest BCUT2D eigenvalue weighted by atomic mass is 10.1. The van der Waals surface area contributed by atoms with Crippen molar-refractivity contribution >= 4 is 17.6 Å². The minimum Gasteiger partial charge on any atom is -0.465 e. The minimum atomic E-state index is -0.149. The summed E-state index contributed by atoms with van der Waals surface area (Å²) >= 11 is 0. The standard InChI is InChI=1S/C21H26N4O4/c1-15-2-7-19(29-15)18(24-10-12-28-13-11-24)14-23-20(26)16-3-5-17(6-4-16)25-9-8-22-21(25)27/h2-7,18H,8-14H2,1H3,(H,22,27)(H,23,26). The van der Waals surface area contributed by atoms with Gasteiger partial charge in [0.1, 0.15) is 11.5 Å². The number of urea groups is 1. The van der Waals surface area contributed by atoms with E-state index in [2.05, 4.69) is 15.5 Å². The van der Waals surface area contributed by atoms with Crippen molar-refractivity contribution < 1.29 is 18.7 Å². The van der Waals surface area contributed by atoms with Crippen LogP contribution in [0.4, 0.5) is 10.5 Å². The van der Waals surface area contributed by atoms with Crippen molar-refractivity contribution in [3.05, 3.63) is 53.5 Å². The van der Waals surface area contributed by atoms with Gasteiger partial charge in [0, 0.05) is 44.0 Å². The summed E-state index contributed by atoms with van der Waals surface area (Å²) in [6, 6.07) is 10.9. The highest BCUT2D eigenvalue weighted by molar-refractivity contribution is 5.97. The molecule has 0 saturated carbocycles. The number of morpholine rings is 1. The number of amides is 3. The summed E-state index contributed by atoms with van der Waals surface area (Å²) in [5, 5.41) is 5.80. The van der Waals surface area contributed by atoms with E-state index in [-0.39, 0.29) is 18.0 Å². The molecule has 4 rings (SSSR count). The maximum Gasteiger partial charge on any atom is 0.321 e. The lowest BCUT2D eigenvalue weighted by Crippen LogP contribution is -2.43. The molecular formula is C21H26N4O4. The maximum atomic E-state index is 12.7. The van der Waals surface area contributed by atoms with Crippen LogP contribution in [0.2, 0.25) is 0 Å². The van der Waals surface area contributed by atoms with Gasteiger partial charge in [-0.1, -0.05) is 0 Å². The second-order valence-corrected chi connectivity index (χ2v) is 7.25. The Morgan fingerprint density at radius 2 is 1.90 bits per heavy atom. The Morgan fingerprint density at radius 1 is 1.14 bits per heavy atom. The van der Waals surface area contributed by atoms with Crippen molar-refractivity contribution in [2.45, 2.75) is 13.0 Å². The van der Waals surface area contributed by atoms with E-state index in [9.17, 15) is 9.59 Å². The quantitative estimate of drug-likeness (QED) is 0.776. The van der Waals surface area contributed by atoms with Crippen molar-refractivity contribution in [1.82, 2.24) is 15.5 Å². The van der Waals surface area contributed by atoms with Gasteiger partial charge < -0.3 is 19.8 Å². The van der Waals surface area contributed by atoms with Crippen LogP contribution in [0.5, 0.6) is 0 Å². The van der Waals surface area contributed by atoms with Gasteiger partial charge in [0.25, 0.3) is 5.91 Å².